The fourth-order valence-electron chi connectivity index (χ4n) is 1.69. The van der Waals surface area contributed by atoms with Gasteiger partial charge < -0.3 is 9.84 Å². The predicted molar refractivity (Wildman–Crippen MR) is 71.3 cm³/mol. The maximum absolute atomic E-state index is 11.0. The first-order chi connectivity index (χ1) is 8.38. The fraction of sp³-hybridized carbons (Fsp3) is 0.462. The molecule has 1 aromatic carbocycles. The maximum Gasteiger partial charge on any atom is 0.320 e. The molecule has 2 atom stereocenters. The van der Waals surface area contributed by atoms with Crippen molar-refractivity contribution in [3.8, 4) is 5.75 Å². The van der Waals surface area contributed by atoms with Crippen molar-refractivity contribution in [3.05, 3.63) is 28.8 Å². The Labute approximate surface area is 112 Å². The van der Waals surface area contributed by atoms with Crippen LogP contribution in [0.15, 0.2) is 18.2 Å². The number of benzene rings is 1. The molecule has 1 aromatic rings. The van der Waals surface area contributed by atoms with Gasteiger partial charge in [0.05, 0.1) is 12.1 Å². The van der Waals surface area contributed by atoms with Crippen LogP contribution in [0.25, 0.3) is 0 Å². The second kappa shape index (κ2) is 6.07. The fourth-order valence-corrected chi connectivity index (χ4v) is 1.95. The number of nitrogens with zero attached hydrogens (tertiary/aromatic N) is 1. The number of carboxylic acids is 1. The largest absolute Gasteiger partial charge is 0.495 e. The van der Waals surface area contributed by atoms with Crippen LogP contribution in [0.4, 0.5) is 0 Å². The number of halogens is 1. The zero-order chi connectivity index (χ0) is 13.9. The smallest absolute Gasteiger partial charge is 0.320 e. The summed E-state index contributed by atoms with van der Waals surface area (Å²) < 4.78 is 5.09. The van der Waals surface area contributed by atoms with Crippen LogP contribution in [0.1, 0.15) is 25.5 Å². The van der Waals surface area contributed by atoms with E-state index in [1.807, 2.05) is 13.0 Å². The number of rotatable bonds is 5. The van der Waals surface area contributed by atoms with Crippen LogP contribution >= 0.6 is 11.6 Å². The van der Waals surface area contributed by atoms with E-state index < -0.39 is 12.0 Å². The minimum atomic E-state index is -0.844. The van der Waals surface area contributed by atoms with Gasteiger partial charge in [0.2, 0.25) is 0 Å². The normalized spacial score (nSPS) is 14.3. The molecule has 0 saturated carbocycles. The molecule has 18 heavy (non-hydrogen) atoms. The molecule has 0 heterocycles. The van der Waals surface area contributed by atoms with Crippen LogP contribution < -0.4 is 4.74 Å². The second-order valence-electron chi connectivity index (χ2n) is 4.25. The van der Waals surface area contributed by atoms with Crippen LogP contribution in [0.5, 0.6) is 5.75 Å². The predicted octanol–water partition coefficient (Wildman–Crippen LogP) is 2.81. The number of hydrogen-bond donors (Lipinski definition) is 1. The number of likely N-dealkylation sites (N-methyl/N-ethyl adjacent to an activating group) is 1. The average Bonchev–Trinajstić information content (AvgIpc) is 2.35. The topological polar surface area (TPSA) is 49.8 Å². The summed E-state index contributed by atoms with van der Waals surface area (Å²) >= 11 is 6.06. The highest BCUT2D eigenvalue weighted by Crippen LogP contribution is 2.29. The summed E-state index contributed by atoms with van der Waals surface area (Å²) in [4.78, 5) is 12.7. The Bertz CT molecular complexity index is 436. The SMILES string of the molecule is COc1ccc(C(C)N(C)C(C)C(=O)O)cc1Cl. The number of aliphatic carboxylic acids is 1. The lowest BCUT2D eigenvalue weighted by Crippen LogP contribution is -2.37. The summed E-state index contributed by atoms with van der Waals surface area (Å²) in [5.41, 5.74) is 0.955. The van der Waals surface area contributed by atoms with Gasteiger partial charge in [0.1, 0.15) is 11.8 Å². The highest BCUT2D eigenvalue weighted by molar-refractivity contribution is 6.32. The molecule has 0 radical (unpaired) electrons. The molecule has 100 valence electrons. The summed E-state index contributed by atoms with van der Waals surface area (Å²) in [5.74, 6) is -0.231. The van der Waals surface area contributed by atoms with Crippen LogP contribution in [0, 0.1) is 0 Å². The van der Waals surface area contributed by atoms with Gasteiger partial charge >= 0.3 is 5.97 Å². The minimum absolute atomic E-state index is 0.0421. The molecule has 0 aliphatic carbocycles. The lowest BCUT2D eigenvalue weighted by atomic mass is 10.1. The molecule has 0 saturated heterocycles. The quantitative estimate of drug-likeness (QED) is 0.895. The molecule has 0 bridgehead atoms. The lowest BCUT2D eigenvalue weighted by Gasteiger charge is -2.28. The van der Waals surface area contributed by atoms with Gasteiger partial charge in [-0.25, -0.2) is 0 Å². The van der Waals surface area contributed by atoms with Gasteiger partial charge in [-0.3, -0.25) is 9.69 Å². The van der Waals surface area contributed by atoms with E-state index in [4.69, 9.17) is 21.4 Å². The van der Waals surface area contributed by atoms with Crippen LogP contribution in [-0.4, -0.2) is 36.2 Å². The molecular formula is C13H18ClNO3. The van der Waals surface area contributed by atoms with Gasteiger partial charge in [0, 0.05) is 6.04 Å². The summed E-state index contributed by atoms with van der Waals surface area (Å²) in [5, 5.41) is 9.52. The Balaban J connectivity index is 2.93. The third-order valence-corrected chi connectivity index (χ3v) is 3.53. The Morgan fingerprint density at radius 1 is 1.44 bits per heavy atom. The van der Waals surface area contributed by atoms with E-state index in [-0.39, 0.29) is 6.04 Å². The highest BCUT2D eigenvalue weighted by atomic mass is 35.5. The van der Waals surface area contributed by atoms with Gasteiger partial charge in [-0.2, -0.15) is 0 Å². The van der Waals surface area contributed by atoms with Gasteiger partial charge in [0.15, 0.2) is 0 Å². The molecule has 1 N–H and O–H groups in total. The van der Waals surface area contributed by atoms with Gasteiger partial charge in [-0.05, 0) is 38.6 Å². The van der Waals surface area contributed by atoms with E-state index in [2.05, 4.69) is 0 Å². The average molecular weight is 272 g/mol. The van der Waals surface area contributed by atoms with Crippen LogP contribution in [-0.2, 0) is 4.79 Å². The summed E-state index contributed by atoms with van der Waals surface area (Å²) in [6.45, 7) is 3.60. The Morgan fingerprint density at radius 3 is 2.50 bits per heavy atom. The Morgan fingerprint density at radius 2 is 2.06 bits per heavy atom. The number of methoxy groups -OCH3 is 1. The van der Waals surface area contributed by atoms with E-state index >= 15 is 0 Å². The molecule has 0 aliphatic rings. The zero-order valence-electron chi connectivity index (χ0n) is 11.0. The molecule has 0 fully saturated rings. The number of carboxylic acid groups (broad SMARTS) is 1. The van der Waals surface area contributed by atoms with Crippen LogP contribution in [0.3, 0.4) is 0 Å². The van der Waals surface area contributed by atoms with Crippen molar-refractivity contribution in [2.75, 3.05) is 14.2 Å². The highest BCUT2D eigenvalue weighted by Gasteiger charge is 2.22. The first-order valence-corrected chi connectivity index (χ1v) is 6.04. The summed E-state index contributed by atoms with van der Waals surface area (Å²) in [6.07, 6.45) is 0. The first kappa shape index (κ1) is 14.8. The first-order valence-electron chi connectivity index (χ1n) is 5.66. The molecule has 2 unspecified atom stereocenters. The number of ether oxygens (including phenoxy) is 1. The third-order valence-electron chi connectivity index (χ3n) is 3.24. The van der Waals surface area contributed by atoms with Gasteiger partial charge in [-0.1, -0.05) is 17.7 Å². The van der Waals surface area contributed by atoms with Crippen molar-refractivity contribution in [2.45, 2.75) is 25.9 Å². The van der Waals surface area contributed by atoms with E-state index in [1.165, 1.54) is 0 Å². The van der Waals surface area contributed by atoms with Crippen molar-refractivity contribution in [1.82, 2.24) is 4.90 Å². The molecule has 5 heteroatoms. The summed E-state index contributed by atoms with van der Waals surface area (Å²) in [7, 11) is 3.34. The van der Waals surface area contributed by atoms with Crippen molar-refractivity contribution in [1.29, 1.82) is 0 Å². The monoisotopic (exact) mass is 271 g/mol. The molecule has 0 spiro atoms. The number of hydrogen-bond acceptors (Lipinski definition) is 3. The van der Waals surface area contributed by atoms with Crippen molar-refractivity contribution < 1.29 is 14.6 Å². The molecule has 1 rings (SSSR count). The molecule has 0 aliphatic heterocycles. The second-order valence-corrected chi connectivity index (χ2v) is 4.66. The van der Waals surface area contributed by atoms with Crippen LogP contribution in [0.2, 0.25) is 5.02 Å². The zero-order valence-corrected chi connectivity index (χ0v) is 11.7. The van der Waals surface area contributed by atoms with Crippen molar-refractivity contribution in [2.24, 2.45) is 0 Å². The van der Waals surface area contributed by atoms with Gasteiger partial charge in [0.25, 0.3) is 0 Å². The minimum Gasteiger partial charge on any atom is -0.495 e. The Hall–Kier alpha value is -1.26. The lowest BCUT2D eigenvalue weighted by molar-refractivity contribution is -0.142. The standard InChI is InChI=1S/C13H18ClNO3/c1-8(15(3)9(2)13(16)17)10-5-6-12(18-4)11(14)7-10/h5-9H,1-4H3,(H,16,17). The molecule has 0 aromatic heterocycles. The van der Waals surface area contributed by atoms with E-state index in [1.54, 1.807) is 38.1 Å². The van der Waals surface area contributed by atoms with Crippen molar-refractivity contribution >= 4 is 17.6 Å². The molecule has 0 amide bonds. The molecule has 4 nitrogen and oxygen atoms in total. The summed E-state index contributed by atoms with van der Waals surface area (Å²) in [6, 6.07) is 4.88. The van der Waals surface area contributed by atoms with E-state index in [0.717, 1.165) is 5.56 Å². The third kappa shape index (κ3) is 3.15. The van der Waals surface area contributed by atoms with E-state index in [0.29, 0.717) is 10.8 Å². The maximum atomic E-state index is 11.0. The van der Waals surface area contributed by atoms with Crippen molar-refractivity contribution in [3.63, 3.8) is 0 Å². The number of carbonyl (C=O) groups is 1. The molecular weight excluding hydrogens is 254 g/mol. The Kier molecular flexibility index (Phi) is 4.99. The van der Waals surface area contributed by atoms with E-state index in [9.17, 15) is 4.79 Å². The van der Waals surface area contributed by atoms with Gasteiger partial charge in [-0.15, -0.1) is 0 Å².